The van der Waals surface area contributed by atoms with Crippen molar-refractivity contribution in [3.8, 4) is 0 Å². The highest BCUT2D eigenvalue weighted by molar-refractivity contribution is 5.83. The fourth-order valence-corrected chi connectivity index (χ4v) is 9.91. The van der Waals surface area contributed by atoms with Gasteiger partial charge in [-0.1, -0.05) is 0 Å². The highest BCUT2D eigenvalue weighted by Crippen LogP contribution is 2.54. The van der Waals surface area contributed by atoms with Gasteiger partial charge in [0.25, 0.3) is 0 Å². The molecule has 2 amide bonds. The van der Waals surface area contributed by atoms with Crippen molar-refractivity contribution in [1.29, 1.82) is 0 Å². The molecule has 0 aromatic heterocycles. The Balaban J connectivity index is 1.10. The molecular weight excluding hydrogens is 510 g/mol. The third-order valence-corrected chi connectivity index (χ3v) is 11.7. The van der Waals surface area contributed by atoms with E-state index < -0.39 is 6.10 Å². The van der Waals surface area contributed by atoms with Crippen molar-refractivity contribution in [3.63, 3.8) is 0 Å². The van der Waals surface area contributed by atoms with Crippen molar-refractivity contribution in [2.45, 2.75) is 126 Å². The van der Waals surface area contributed by atoms with Gasteiger partial charge in [0.1, 0.15) is 6.10 Å². The minimum atomic E-state index is -0.473. The van der Waals surface area contributed by atoms with Gasteiger partial charge in [-0.05, 0) is 108 Å². The van der Waals surface area contributed by atoms with E-state index >= 15 is 0 Å². The first-order valence-corrected chi connectivity index (χ1v) is 16.1. The lowest BCUT2D eigenvalue weighted by atomic mass is 9.64. The van der Waals surface area contributed by atoms with E-state index in [0.29, 0.717) is 29.7 Å². The molecule has 10 unspecified atom stereocenters. The molecule has 3 saturated carbocycles. The Morgan fingerprint density at radius 2 is 1.82 bits per heavy atom. The van der Waals surface area contributed by atoms with Crippen LogP contribution in [0.5, 0.6) is 0 Å². The molecule has 0 radical (unpaired) electrons. The summed E-state index contributed by atoms with van der Waals surface area (Å²) in [5.74, 6) is 1.92. The predicted octanol–water partition coefficient (Wildman–Crippen LogP) is 2.24. The highest BCUT2D eigenvalue weighted by Gasteiger charge is 2.64. The second kappa shape index (κ2) is 12.2. The van der Waals surface area contributed by atoms with Crippen molar-refractivity contribution in [1.82, 2.24) is 15.5 Å². The highest BCUT2D eigenvalue weighted by atomic mass is 16.5. The Kier molecular flexibility index (Phi) is 8.76. The lowest BCUT2D eigenvalue weighted by Gasteiger charge is -2.55. The van der Waals surface area contributed by atoms with E-state index in [0.717, 1.165) is 77.2 Å². The zero-order valence-electron chi connectivity index (χ0n) is 24.6. The number of hydrogen-bond donors (Lipinski definition) is 3. The first-order valence-electron chi connectivity index (χ1n) is 16.1. The molecule has 9 nitrogen and oxygen atoms in total. The van der Waals surface area contributed by atoms with Gasteiger partial charge < -0.3 is 34.9 Å². The van der Waals surface area contributed by atoms with Crippen LogP contribution < -0.4 is 10.6 Å². The number of ether oxygens (including phenoxy) is 3. The van der Waals surface area contributed by atoms with Crippen molar-refractivity contribution in [3.05, 3.63) is 0 Å². The van der Waals surface area contributed by atoms with E-state index in [4.69, 9.17) is 14.2 Å². The largest absolute Gasteiger partial charge is 0.396 e. The van der Waals surface area contributed by atoms with E-state index in [1.165, 1.54) is 0 Å². The minimum absolute atomic E-state index is 0.00365. The maximum absolute atomic E-state index is 14.2. The zero-order valence-corrected chi connectivity index (χ0v) is 24.6. The van der Waals surface area contributed by atoms with Crippen LogP contribution in [0.3, 0.4) is 0 Å². The van der Waals surface area contributed by atoms with Crippen molar-refractivity contribution in [2.75, 3.05) is 27.4 Å². The first-order chi connectivity index (χ1) is 19.4. The summed E-state index contributed by atoms with van der Waals surface area (Å²) in [5.41, 5.74) is 0. The number of carbonyl (C=O) groups is 2. The van der Waals surface area contributed by atoms with E-state index in [1.807, 2.05) is 6.92 Å². The third kappa shape index (κ3) is 5.12. The summed E-state index contributed by atoms with van der Waals surface area (Å²) in [4.78, 5) is 29.5. The Hall–Kier alpha value is -1.26. The number of aliphatic hydroxyl groups excluding tert-OH is 1. The van der Waals surface area contributed by atoms with Gasteiger partial charge in [0, 0.05) is 39.0 Å². The third-order valence-electron chi connectivity index (χ3n) is 11.7. The number of aliphatic hydroxyl groups is 1. The van der Waals surface area contributed by atoms with Gasteiger partial charge in [-0.25, -0.2) is 0 Å². The number of piperidine rings is 2. The Morgan fingerprint density at radius 1 is 1.02 bits per heavy atom. The molecule has 3 aliphatic carbocycles. The Morgan fingerprint density at radius 3 is 2.55 bits per heavy atom. The molecule has 3 aliphatic heterocycles. The molecule has 3 heterocycles. The number of rotatable bonds is 8. The molecule has 0 aromatic carbocycles. The molecule has 3 saturated heterocycles. The van der Waals surface area contributed by atoms with Crippen LogP contribution in [0.2, 0.25) is 0 Å². The number of amides is 2. The summed E-state index contributed by atoms with van der Waals surface area (Å²) >= 11 is 0. The van der Waals surface area contributed by atoms with Crippen LogP contribution in [-0.4, -0.2) is 97.8 Å². The molecule has 0 spiro atoms. The summed E-state index contributed by atoms with van der Waals surface area (Å²) < 4.78 is 18.2. The number of methoxy groups -OCH3 is 2. The number of fused-ring (bicyclic) bond motifs is 5. The van der Waals surface area contributed by atoms with E-state index in [1.54, 1.807) is 14.2 Å². The van der Waals surface area contributed by atoms with Gasteiger partial charge in [-0.3, -0.25) is 9.59 Å². The first kappa shape index (κ1) is 28.8. The maximum Gasteiger partial charge on any atom is 0.249 e. The second-order valence-electron chi connectivity index (χ2n) is 13.6. The van der Waals surface area contributed by atoms with Gasteiger partial charge in [0.05, 0.1) is 30.3 Å². The predicted molar refractivity (Wildman–Crippen MR) is 149 cm³/mol. The standard InChI is InChI=1S/C31H51N3O6/c1-17(30(36)33-19-6-4-18(5-7-19)13-15-35)40-20-8-10-24-23(16-20)21-12-14-32-27-22-9-11-25(38-2)29(39-3)26(22)31(37)34(24)28(21)27/h17-29,32,35H,4-16H2,1-3H3,(H,33,36)/t17-,18?,19?,20?,21?,22?,23?,24?,25?,26?,27?,28?,29?/m0/s1. The number of carbonyl (C=O) groups excluding carboxylic acids is 2. The summed E-state index contributed by atoms with van der Waals surface area (Å²) in [6.07, 6.45) is 10.1. The van der Waals surface area contributed by atoms with Gasteiger partial charge in [-0.2, -0.15) is 0 Å². The fourth-order valence-electron chi connectivity index (χ4n) is 9.91. The topological polar surface area (TPSA) is 109 Å². The normalized spacial score (nSPS) is 45.3. The van der Waals surface area contributed by atoms with Crippen LogP contribution in [-0.2, 0) is 23.8 Å². The fraction of sp³-hybridized carbons (Fsp3) is 0.935. The number of nitrogens with one attached hydrogen (secondary N) is 2. The molecule has 0 bridgehead atoms. The minimum Gasteiger partial charge on any atom is -0.396 e. The van der Waals surface area contributed by atoms with E-state index in [9.17, 15) is 14.7 Å². The van der Waals surface area contributed by atoms with Crippen molar-refractivity contribution >= 4 is 11.8 Å². The molecule has 226 valence electrons. The maximum atomic E-state index is 14.2. The lowest BCUT2D eigenvalue weighted by Crippen LogP contribution is -2.70. The van der Waals surface area contributed by atoms with Crippen molar-refractivity contribution < 1.29 is 28.9 Å². The molecular formula is C31H51N3O6. The average molecular weight is 562 g/mol. The molecule has 11 atom stereocenters. The van der Waals surface area contributed by atoms with Crippen LogP contribution in [0, 0.1) is 29.6 Å². The van der Waals surface area contributed by atoms with Crippen molar-refractivity contribution in [2.24, 2.45) is 29.6 Å². The number of nitrogens with zero attached hydrogens (tertiary/aromatic N) is 1. The van der Waals surface area contributed by atoms with Crippen LogP contribution in [0.15, 0.2) is 0 Å². The van der Waals surface area contributed by atoms with Crippen LogP contribution in [0.1, 0.15) is 77.6 Å². The van der Waals surface area contributed by atoms with Crippen LogP contribution in [0.4, 0.5) is 0 Å². The van der Waals surface area contributed by atoms with Gasteiger partial charge in [-0.15, -0.1) is 0 Å². The molecule has 6 aliphatic rings. The molecule has 40 heavy (non-hydrogen) atoms. The Bertz CT molecular complexity index is 912. The van der Waals surface area contributed by atoms with Gasteiger partial charge in [0.15, 0.2) is 0 Å². The molecule has 6 fully saturated rings. The van der Waals surface area contributed by atoms with Crippen LogP contribution >= 0.6 is 0 Å². The number of hydrogen-bond acceptors (Lipinski definition) is 7. The Labute approximate surface area is 239 Å². The quantitative estimate of drug-likeness (QED) is 0.417. The van der Waals surface area contributed by atoms with Gasteiger partial charge in [0.2, 0.25) is 11.8 Å². The summed E-state index contributed by atoms with van der Waals surface area (Å²) in [6.45, 7) is 3.14. The summed E-state index contributed by atoms with van der Waals surface area (Å²) in [7, 11) is 3.46. The smallest absolute Gasteiger partial charge is 0.249 e. The van der Waals surface area contributed by atoms with Gasteiger partial charge >= 0.3 is 0 Å². The monoisotopic (exact) mass is 561 g/mol. The van der Waals surface area contributed by atoms with E-state index in [-0.39, 0.29) is 60.8 Å². The average Bonchev–Trinajstić information content (AvgIpc) is 3.31. The molecule has 3 N–H and O–H groups in total. The zero-order chi connectivity index (χ0) is 28.0. The molecule has 0 aromatic rings. The second-order valence-corrected chi connectivity index (χ2v) is 13.6. The summed E-state index contributed by atoms with van der Waals surface area (Å²) in [5, 5.41) is 16.3. The van der Waals surface area contributed by atoms with Crippen LogP contribution in [0.25, 0.3) is 0 Å². The lowest BCUT2D eigenvalue weighted by molar-refractivity contribution is -0.175. The molecule has 6 rings (SSSR count). The molecule has 9 heteroatoms. The van der Waals surface area contributed by atoms with E-state index in [2.05, 4.69) is 15.5 Å². The SMILES string of the molecule is COC1CCC2C3NCCC4C5CC(O[C@@H](C)C(=O)NC6CCC(CCO)CC6)CCC5N(C(=O)C2C1OC)C43. The summed E-state index contributed by atoms with van der Waals surface area (Å²) in [6, 6.07) is 1.04.